The Morgan fingerprint density at radius 3 is 2.73 bits per heavy atom. The van der Waals surface area contributed by atoms with Gasteiger partial charge in [0.05, 0.1) is 5.41 Å². The molecule has 1 fully saturated rings. The lowest BCUT2D eigenvalue weighted by atomic mass is 9.84. The van der Waals surface area contributed by atoms with Gasteiger partial charge >= 0.3 is 0 Å². The molecule has 3 N–H and O–H groups in total. The summed E-state index contributed by atoms with van der Waals surface area (Å²) < 4.78 is 0. The van der Waals surface area contributed by atoms with Crippen LogP contribution in [-0.2, 0) is 4.79 Å². The molecule has 2 atom stereocenters. The van der Waals surface area contributed by atoms with Crippen LogP contribution in [0.1, 0.15) is 26.2 Å². The molecule has 0 aromatic heterocycles. The van der Waals surface area contributed by atoms with Crippen molar-refractivity contribution in [3.8, 4) is 0 Å². The fourth-order valence-corrected chi connectivity index (χ4v) is 2.07. The van der Waals surface area contributed by atoms with E-state index in [1.54, 1.807) is 0 Å². The van der Waals surface area contributed by atoms with Crippen LogP contribution < -0.4 is 11.1 Å². The Kier molecular flexibility index (Phi) is 4.11. The van der Waals surface area contributed by atoms with Crippen molar-refractivity contribution in [1.29, 1.82) is 0 Å². The first-order valence-corrected chi connectivity index (χ1v) is 5.65. The fraction of sp³-hybridized carbons (Fsp3) is 0.909. The van der Waals surface area contributed by atoms with E-state index < -0.39 is 0 Å². The SMILES string of the molecule is CN(C)CCNC(=O)C1(C)CCCC1N. The van der Waals surface area contributed by atoms with E-state index in [0.29, 0.717) is 6.54 Å². The highest BCUT2D eigenvalue weighted by atomic mass is 16.2. The molecule has 0 aliphatic heterocycles. The highest BCUT2D eigenvalue weighted by Crippen LogP contribution is 2.36. The first kappa shape index (κ1) is 12.5. The highest BCUT2D eigenvalue weighted by molar-refractivity contribution is 5.83. The van der Waals surface area contributed by atoms with Gasteiger partial charge < -0.3 is 16.0 Å². The first-order valence-electron chi connectivity index (χ1n) is 5.65. The molecular weight excluding hydrogens is 190 g/mol. The van der Waals surface area contributed by atoms with Crippen molar-refractivity contribution in [2.24, 2.45) is 11.1 Å². The molecular formula is C11H23N3O. The van der Waals surface area contributed by atoms with Crippen molar-refractivity contribution in [2.75, 3.05) is 27.2 Å². The van der Waals surface area contributed by atoms with Gasteiger partial charge in [0.1, 0.15) is 0 Å². The largest absolute Gasteiger partial charge is 0.354 e. The predicted molar refractivity (Wildman–Crippen MR) is 61.5 cm³/mol. The molecule has 0 aromatic carbocycles. The Morgan fingerprint density at radius 2 is 2.27 bits per heavy atom. The number of likely N-dealkylation sites (N-methyl/N-ethyl adjacent to an activating group) is 1. The Morgan fingerprint density at radius 1 is 1.60 bits per heavy atom. The van der Waals surface area contributed by atoms with E-state index in [4.69, 9.17) is 5.73 Å². The van der Waals surface area contributed by atoms with Gasteiger partial charge in [-0.1, -0.05) is 6.42 Å². The minimum Gasteiger partial charge on any atom is -0.354 e. The minimum atomic E-state index is -0.341. The van der Waals surface area contributed by atoms with Crippen molar-refractivity contribution in [2.45, 2.75) is 32.2 Å². The number of nitrogens with two attached hydrogens (primary N) is 1. The minimum absolute atomic E-state index is 0.0249. The molecule has 4 heteroatoms. The van der Waals surface area contributed by atoms with Gasteiger partial charge in [0, 0.05) is 19.1 Å². The second-order valence-corrected chi connectivity index (χ2v) is 4.98. The van der Waals surface area contributed by atoms with E-state index in [1.807, 2.05) is 21.0 Å². The van der Waals surface area contributed by atoms with Gasteiger partial charge in [0.15, 0.2) is 0 Å². The van der Waals surface area contributed by atoms with Gasteiger partial charge in [-0.3, -0.25) is 4.79 Å². The zero-order valence-corrected chi connectivity index (χ0v) is 10.0. The molecule has 0 bridgehead atoms. The topological polar surface area (TPSA) is 58.4 Å². The first-order chi connectivity index (χ1) is 6.97. The van der Waals surface area contributed by atoms with E-state index >= 15 is 0 Å². The maximum atomic E-state index is 11.9. The normalized spacial score (nSPS) is 30.9. The Balaban J connectivity index is 2.39. The van der Waals surface area contributed by atoms with E-state index in [1.165, 1.54) is 0 Å². The average molecular weight is 213 g/mol. The third kappa shape index (κ3) is 2.92. The maximum absolute atomic E-state index is 11.9. The number of nitrogens with one attached hydrogen (secondary N) is 1. The van der Waals surface area contributed by atoms with Crippen LogP contribution in [0.5, 0.6) is 0 Å². The number of amides is 1. The molecule has 1 amide bonds. The molecule has 1 aliphatic rings. The van der Waals surface area contributed by atoms with Crippen LogP contribution in [0.15, 0.2) is 0 Å². The summed E-state index contributed by atoms with van der Waals surface area (Å²) in [5.74, 6) is 0.120. The van der Waals surface area contributed by atoms with Crippen LogP contribution in [0.3, 0.4) is 0 Å². The van der Waals surface area contributed by atoms with Crippen molar-refractivity contribution < 1.29 is 4.79 Å². The van der Waals surface area contributed by atoms with Gasteiger partial charge in [0.25, 0.3) is 0 Å². The standard InChI is InChI=1S/C11H23N3O/c1-11(6-4-5-9(11)12)10(15)13-7-8-14(2)3/h9H,4-8,12H2,1-3H3,(H,13,15). The Labute approximate surface area is 92.2 Å². The third-order valence-electron chi connectivity index (χ3n) is 3.39. The molecule has 0 spiro atoms. The van der Waals surface area contributed by atoms with Crippen LogP contribution >= 0.6 is 0 Å². The van der Waals surface area contributed by atoms with E-state index in [-0.39, 0.29) is 17.4 Å². The lowest BCUT2D eigenvalue weighted by Crippen LogP contribution is -2.48. The molecule has 1 aliphatic carbocycles. The fourth-order valence-electron chi connectivity index (χ4n) is 2.07. The average Bonchev–Trinajstić information content (AvgIpc) is 2.47. The van der Waals surface area contributed by atoms with Crippen molar-refractivity contribution in [3.05, 3.63) is 0 Å². The van der Waals surface area contributed by atoms with Crippen molar-refractivity contribution >= 4 is 5.91 Å². The zero-order valence-electron chi connectivity index (χ0n) is 10.0. The number of hydrogen-bond acceptors (Lipinski definition) is 3. The van der Waals surface area contributed by atoms with Crippen LogP contribution in [0, 0.1) is 5.41 Å². The summed E-state index contributed by atoms with van der Waals surface area (Å²) in [6.07, 6.45) is 2.96. The second-order valence-electron chi connectivity index (χ2n) is 4.98. The predicted octanol–water partition coefficient (Wildman–Crippen LogP) is 0.182. The lowest BCUT2D eigenvalue weighted by molar-refractivity contribution is -0.130. The summed E-state index contributed by atoms with van der Waals surface area (Å²) in [7, 11) is 3.99. The van der Waals surface area contributed by atoms with Crippen LogP contribution in [0.2, 0.25) is 0 Å². The van der Waals surface area contributed by atoms with Gasteiger partial charge in [-0.05, 0) is 33.9 Å². The van der Waals surface area contributed by atoms with Gasteiger partial charge in [-0.25, -0.2) is 0 Å². The summed E-state index contributed by atoms with van der Waals surface area (Å²) in [6.45, 7) is 3.56. The van der Waals surface area contributed by atoms with E-state index in [2.05, 4.69) is 10.2 Å². The molecule has 0 heterocycles. The van der Waals surface area contributed by atoms with Crippen molar-refractivity contribution in [3.63, 3.8) is 0 Å². The Bertz CT molecular complexity index is 230. The number of carbonyl (C=O) groups excluding carboxylic acids is 1. The molecule has 1 rings (SSSR count). The maximum Gasteiger partial charge on any atom is 0.227 e. The summed E-state index contributed by atoms with van der Waals surface area (Å²) in [5, 5.41) is 2.97. The monoisotopic (exact) mass is 213 g/mol. The molecule has 1 saturated carbocycles. The molecule has 0 radical (unpaired) electrons. The van der Waals surface area contributed by atoms with Crippen molar-refractivity contribution in [1.82, 2.24) is 10.2 Å². The second kappa shape index (κ2) is 4.94. The number of carbonyl (C=O) groups is 1. The van der Waals surface area contributed by atoms with Gasteiger partial charge in [0.2, 0.25) is 5.91 Å². The Hall–Kier alpha value is -0.610. The van der Waals surface area contributed by atoms with E-state index in [9.17, 15) is 4.79 Å². The smallest absolute Gasteiger partial charge is 0.227 e. The lowest BCUT2D eigenvalue weighted by Gasteiger charge is -2.27. The molecule has 4 nitrogen and oxygen atoms in total. The molecule has 0 saturated heterocycles. The van der Waals surface area contributed by atoms with Crippen LogP contribution in [0.25, 0.3) is 0 Å². The number of rotatable bonds is 4. The summed E-state index contributed by atoms with van der Waals surface area (Å²) in [6, 6.07) is 0.0249. The van der Waals surface area contributed by atoms with Gasteiger partial charge in [-0.15, -0.1) is 0 Å². The molecule has 88 valence electrons. The third-order valence-corrected chi connectivity index (χ3v) is 3.39. The van der Waals surface area contributed by atoms with Crippen LogP contribution in [0.4, 0.5) is 0 Å². The highest BCUT2D eigenvalue weighted by Gasteiger charge is 2.42. The molecule has 15 heavy (non-hydrogen) atoms. The molecule has 0 aromatic rings. The summed E-state index contributed by atoms with van der Waals surface area (Å²) in [4.78, 5) is 14.0. The summed E-state index contributed by atoms with van der Waals surface area (Å²) >= 11 is 0. The number of hydrogen-bond donors (Lipinski definition) is 2. The van der Waals surface area contributed by atoms with E-state index in [0.717, 1.165) is 25.8 Å². The quantitative estimate of drug-likeness (QED) is 0.700. The number of nitrogens with zero attached hydrogens (tertiary/aromatic N) is 1. The zero-order chi connectivity index (χ0) is 11.5. The summed E-state index contributed by atoms with van der Waals surface area (Å²) in [5.41, 5.74) is 5.63. The van der Waals surface area contributed by atoms with Gasteiger partial charge in [-0.2, -0.15) is 0 Å². The molecule has 2 unspecified atom stereocenters. The van der Waals surface area contributed by atoms with Crippen LogP contribution in [-0.4, -0.2) is 44.0 Å².